The lowest BCUT2D eigenvalue weighted by atomic mass is 10.4. The second-order valence-electron chi connectivity index (χ2n) is 3.75. The lowest BCUT2D eigenvalue weighted by Crippen LogP contribution is -2.25. The topological polar surface area (TPSA) is 140 Å². The van der Waals surface area contributed by atoms with Crippen molar-refractivity contribution in [2.45, 2.75) is 17.9 Å². The van der Waals surface area contributed by atoms with Gasteiger partial charge in [0.2, 0.25) is 15.9 Å². The molecule has 2 aromatic rings. The van der Waals surface area contributed by atoms with E-state index in [1.54, 1.807) is 0 Å². The minimum Gasteiger partial charge on any atom is -0.480 e. The summed E-state index contributed by atoms with van der Waals surface area (Å²) < 4.78 is 31.8. The molecule has 2 N–H and O–H groups in total. The fourth-order valence-electron chi connectivity index (χ4n) is 1.39. The van der Waals surface area contributed by atoms with Crippen LogP contribution in [0.1, 0.15) is 5.89 Å². The van der Waals surface area contributed by atoms with Gasteiger partial charge in [-0.3, -0.25) is 9.48 Å². The van der Waals surface area contributed by atoms with Crippen molar-refractivity contribution in [3.8, 4) is 0 Å². The largest absolute Gasteiger partial charge is 0.480 e. The molecule has 0 saturated carbocycles. The molecule has 0 saturated heterocycles. The molecule has 2 heterocycles. The van der Waals surface area contributed by atoms with Gasteiger partial charge in [0.1, 0.15) is 11.4 Å². The first-order valence-corrected chi connectivity index (χ1v) is 6.95. The number of rotatable bonds is 7. The zero-order valence-corrected chi connectivity index (χ0v) is 10.9. The third-order valence-electron chi connectivity index (χ3n) is 2.26. The fraction of sp³-hybridized carbons (Fsp3) is 0.333. The Morgan fingerprint density at radius 3 is 2.95 bits per heavy atom. The number of aliphatic carboxylic acids is 1. The van der Waals surface area contributed by atoms with Gasteiger partial charge in [-0.2, -0.15) is 10.1 Å². The molecule has 0 unspecified atom stereocenters. The number of carboxylic acid groups (broad SMARTS) is 1. The standard InChI is InChI=1S/C9H11N5O5S/c15-9(16)5-14-4-7(3-11-14)20(17,18)13-2-1-8-10-6-12-19-8/h3-4,6,13H,1-2,5H2,(H,15,16). The van der Waals surface area contributed by atoms with E-state index in [0.29, 0.717) is 5.89 Å². The van der Waals surface area contributed by atoms with Gasteiger partial charge in [0.05, 0.1) is 6.20 Å². The van der Waals surface area contributed by atoms with Crippen LogP contribution in [0.15, 0.2) is 28.1 Å². The summed E-state index contributed by atoms with van der Waals surface area (Å²) in [7, 11) is -3.74. The van der Waals surface area contributed by atoms with Gasteiger partial charge >= 0.3 is 5.97 Å². The summed E-state index contributed by atoms with van der Waals surface area (Å²) in [6.45, 7) is -0.327. The molecular weight excluding hydrogens is 290 g/mol. The smallest absolute Gasteiger partial charge is 0.325 e. The van der Waals surface area contributed by atoms with Crippen LogP contribution in [0.4, 0.5) is 0 Å². The van der Waals surface area contributed by atoms with Gasteiger partial charge in [-0.05, 0) is 0 Å². The molecule has 0 atom stereocenters. The average Bonchev–Trinajstić information content (AvgIpc) is 2.99. The van der Waals surface area contributed by atoms with Crippen molar-refractivity contribution in [1.82, 2.24) is 24.6 Å². The normalized spacial score (nSPS) is 11.6. The first kappa shape index (κ1) is 14.1. The summed E-state index contributed by atoms with van der Waals surface area (Å²) in [5.41, 5.74) is 0. The Labute approximate surface area is 113 Å². The maximum atomic E-state index is 11.9. The summed E-state index contributed by atoms with van der Waals surface area (Å²) in [4.78, 5) is 14.1. The third-order valence-corrected chi connectivity index (χ3v) is 3.67. The van der Waals surface area contributed by atoms with E-state index in [2.05, 4.69) is 20.0 Å². The number of hydrogen-bond donors (Lipinski definition) is 2. The number of carbonyl (C=O) groups is 1. The van der Waals surface area contributed by atoms with Gasteiger partial charge in [-0.15, -0.1) is 0 Å². The summed E-state index contributed by atoms with van der Waals surface area (Å²) in [5, 5.41) is 15.6. The number of sulfonamides is 1. The van der Waals surface area contributed by atoms with Crippen LogP contribution in [0.3, 0.4) is 0 Å². The van der Waals surface area contributed by atoms with E-state index in [1.165, 1.54) is 6.33 Å². The van der Waals surface area contributed by atoms with Crippen molar-refractivity contribution in [2.75, 3.05) is 6.54 Å². The maximum Gasteiger partial charge on any atom is 0.325 e. The highest BCUT2D eigenvalue weighted by molar-refractivity contribution is 7.89. The summed E-state index contributed by atoms with van der Waals surface area (Å²) >= 11 is 0. The van der Waals surface area contributed by atoms with Crippen LogP contribution in [0.5, 0.6) is 0 Å². The molecule has 0 aliphatic rings. The maximum absolute atomic E-state index is 11.9. The van der Waals surface area contributed by atoms with Crippen molar-refractivity contribution in [1.29, 1.82) is 0 Å². The number of nitrogens with one attached hydrogen (secondary N) is 1. The molecule has 0 amide bonds. The van der Waals surface area contributed by atoms with Crippen LogP contribution >= 0.6 is 0 Å². The minimum atomic E-state index is -3.74. The molecule has 2 rings (SSSR count). The Balaban J connectivity index is 1.95. The van der Waals surface area contributed by atoms with E-state index in [4.69, 9.17) is 9.63 Å². The van der Waals surface area contributed by atoms with Crippen LogP contribution in [0, 0.1) is 0 Å². The predicted octanol–water partition coefficient (Wildman–Crippen LogP) is -1.13. The Morgan fingerprint density at radius 1 is 1.50 bits per heavy atom. The SMILES string of the molecule is O=C(O)Cn1cc(S(=O)(=O)NCCc2ncno2)cn1. The van der Waals surface area contributed by atoms with Gasteiger partial charge in [-0.25, -0.2) is 13.1 Å². The van der Waals surface area contributed by atoms with Crippen LogP contribution in [-0.2, 0) is 27.8 Å². The van der Waals surface area contributed by atoms with Crippen LogP contribution in [-0.4, -0.2) is 46.0 Å². The van der Waals surface area contributed by atoms with E-state index >= 15 is 0 Å². The van der Waals surface area contributed by atoms with E-state index in [0.717, 1.165) is 17.1 Å². The summed E-state index contributed by atoms with van der Waals surface area (Å²) in [6.07, 6.45) is 3.70. The van der Waals surface area contributed by atoms with Gasteiger partial charge in [0.15, 0.2) is 6.33 Å². The summed E-state index contributed by atoms with van der Waals surface area (Å²) in [5.74, 6) is -0.796. The molecule has 0 spiro atoms. The molecule has 2 aromatic heterocycles. The monoisotopic (exact) mass is 301 g/mol. The summed E-state index contributed by atoms with van der Waals surface area (Å²) in [6, 6.07) is 0. The highest BCUT2D eigenvalue weighted by Crippen LogP contribution is 2.06. The molecule has 108 valence electrons. The van der Waals surface area contributed by atoms with E-state index in [-0.39, 0.29) is 17.9 Å². The number of carboxylic acids is 1. The molecule has 0 aliphatic heterocycles. The average molecular weight is 301 g/mol. The molecule has 20 heavy (non-hydrogen) atoms. The Bertz CT molecular complexity index is 677. The van der Waals surface area contributed by atoms with Crippen molar-refractivity contribution >= 4 is 16.0 Å². The lowest BCUT2D eigenvalue weighted by Gasteiger charge is -2.02. The second-order valence-corrected chi connectivity index (χ2v) is 5.52. The molecule has 0 aromatic carbocycles. The Hall–Kier alpha value is -2.27. The van der Waals surface area contributed by atoms with Crippen molar-refractivity contribution in [3.05, 3.63) is 24.6 Å². The first-order chi connectivity index (χ1) is 9.47. The number of nitrogens with zero attached hydrogens (tertiary/aromatic N) is 4. The first-order valence-electron chi connectivity index (χ1n) is 5.47. The van der Waals surface area contributed by atoms with Gasteiger partial charge in [-0.1, -0.05) is 5.16 Å². The highest BCUT2D eigenvalue weighted by atomic mass is 32.2. The van der Waals surface area contributed by atoms with Crippen LogP contribution in [0.2, 0.25) is 0 Å². The quantitative estimate of drug-likeness (QED) is 0.654. The zero-order valence-electron chi connectivity index (χ0n) is 10.1. The fourth-order valence-corrected chi connectivity index (χ4v) is 2.37. The molecule has 0 bridgehead atoms. The lowest BCUT2D eigenvalue weighted by molar-refractivity contribution is -0.137. The molecular formula is C9H11N5O5S. The van der Waals surface area contributed by atoms with Crippen LogP contribution < -0.4 is 4.72 Å². The second kappa shape index (κ2) is 5.79. The van der Waals surface area contributed by atoms with Crippen molar-refractivity contribution < 1.29 is 22.8 Å². The van der Waals surface area contributed by atoms with E-state index in [9.17, 15) is 13.2 Å². The number of hydrogen-bond acceptors (Lipinski definition) is 7. The number of aromatic nitrogens is 4. The Morgan fingerprint density at radius 2 is 2.30 bits per heavy atom. The van der Waals surface area contributed by atoms with Crippen LogP contribution in [0.25, 0.3) is 0 Å². The minimum absolute atomic E-state index is 0.0780. The molecule has 11 heteroatoms. The zero-order chi connectivity index (χ0) is 14.6. The predicted molar refractivity (Wildman–Crippen MR) is 63.1 cm³/mol. The highest BCUT2D eigenvalue weighted by Gasteiger charge is 2.17. The Kier molecular flexibility index (Phi) is 4.10. The van der Waals surface area contributed by atoms with E-state index < -0.39 is 22.5 Å². The van der Waals surface area contributed by atoms with E-state index in [1.807, 2.05) is 0 Å². The van der Waals surface area contributed by atoms with Gasteiger partial charge in [0.25, 0.3) is 0 Å². The molecule has 0 aliphatic carbocycles. The third kappa shape index (κ3) is 3.61. The molecule has 10 nitrogen and oxygen atoms in total. The van der Waals surface area contributed by atoms with Gasteiger partial charge < -0.3 is 9.63 Å². The molecule has 0 radical (unpaired) electrons. The van der Waals surface area contributed by atoms with Gasteiger partial charge in [0, 0.05) is 19.2 Å². The molecule has 0 fully saturated rings. The van der Waals surface area contributed by atoms with Crippen molar-refractivity contribution in [3.63, 3.8) is 0 Å². The van der Waals surface area contributed by atoms with Crippen molar-refractivity contribution in [2.24, 2.45) is 0 Å².